The molecule has 0 spiro atoms. The molecule has 1 aromatic carbocycles. The molecule has 152 valence electrons. The minimum Gasteiger partial charge on any atom is -0.493 e. The number of aryl methyl sites for hydroxylation is 1. The molecule has 2 aromatic heterocycles. The first-order valence-electron chi connectivity index (χ1n) is 8.87. The van der Waals surface area contributed by atoms with Crippen LogP contribution in [-0.2, 0) is 4.74 Å². The molecule has 1 N–H and O–H groups in total. The zero-order valence-electron chi connectivity index (χ0n) is 16.5. The number of carbonyl (C=O) groups excluding carboxylic acids is 2. The molecule has 0 aliphatic heterocycles. The van der Waals surface area contributed by atoms with Gasteiger partial charge in [0.25, 0.3) is 5.91 Å². The normalized spacial score (nSPS) is 10.5. The molecule has 2 heterocycles. The predicted molar refractivity (Wildman–Crippen MR) is 110 cm³/mol. The second kappa shape index (κ2) is 8.83. The van der Waals surface area contributed by atoms with Crippen molar-refractivity contribution in [2.45, 2.75) is 13.8 Å². The predicted octanol–water partition coefficient (Wildman–Crippen LogP) is 4.76. The summed E-state index contributed by atoms with van der Waals surface area (Å²) in [6, 6.07) is 8.87. The van der Waals surface area contributed by atoms with Gasteiger partial charge in [0.15, 0.2) is 17.3 Å². The van der Waals surface area contributed by atoms with E-state index in [1.807, 2.05) is 12.1 Å². The summed E-state index contributed by atoms with van der Waals surface area (Å²) in [5, 5.41) is 2.76. The molecule has 0 saturated carbocycles. The lowest BCUT2D eigenvalue weighted by atomic mass is 10.1. The van der Waals surface area contributed by atoms with Crippen molar-refractivity contribution >= 4 is 28.9 Å². The summed E-state index contributed by atoms with van der Waals surface area (Å²) in [5.74, 6) is 0.414. The maximum atomic E-state index is 12.6. The van der Waals surface area contributed by atoms with Crippen LogP contribution in [0.1, 0.15) is 32.7 Å². The number of hydrogen-bond acceptors (Lipinski definition) is 7. The number of benzene rings is 1. The van der Waals surface area contributed by atoms with Crippen LogP contribution in [-0.4, -0.2) is 32.7 Å². The van der Waals surface area contributed by atoms with Crippen LogP contribution in [0.15, 0.2) is 41.0 Å². The van der Waals surface area contributed by atoms with Gasteiger partial charge in [-0.3, -0.25) is 4.79 Å². The number of amides is 1. The van der Waals surface area contributed by atoms with Crippen molar-refractivity contribution in [2.24, 2.45) is 0 Å². The third-order valence-corrected chi connectivity index (χ3v) is 5.34. The monoisotopic (exact) mass is 415 g/mol. The van der Waals surface area contributed by atoms with Gasteiger partial charge in [-0.25, -0.2) is 4.79 Å². The molecule has 29 heavy (non-hydrogen) atoms. The van der Waals surface area contributed by atoms with Crippen LogP contribution >= 0.6 is 11.3 Å². The molecule has 0 aliphatic carbocycles. The van der Waals surface area contributed by atoms with Crippen molar-refractivity contribution < 1.29 is 28.2 Å². The van der Waals surface area contributed by atoms with Crippen LogP contribution < -0.4 is 14.8 Å². The van der Waals surface area contributed by atoms with Gasteiger partial charge in [0, 0.05) is 10.4 Å². The van der Waals surface area contributed by atoms with E-state index in [4.69, 9.17) is 18.6 Å². The highest BCUT2D eigenvalue weighted by atomic mass is 32.1. The highest BCUT2D eigenvalue weighted by Crippen LogP contribution is 2.39. The van der Waals surface area contributed by atoms with Crippen LogP contribution in [0.5, 0.6) is 11.5 Å². The van der Waals surface area contributed by atoms with Gasteiger partial charge < -0.3 is 23.9 Å². The summed E-state index contributed by atoms with van der Waals surface area (Å²) in [6.07, 6.45) is 1.44. The third kappa shape index (κ3) is 4.27. The number of methoxy groups -OCH3 is 2. The molecule has 0 bridgehead atoms. The number of hydrogen-bond donors (Lipinski definition) is 1. The minimum absolute atomic E-state index is 0.193. The highest BCUT2D eigenvalue weighted by Gasteiger charge is 2.22. The van der Waals surface area contributed by atoms with Crippen LogP contribution in [0, 0.1) is 6.92 Å². The molecule has 0 atom stereocenters. The van der Waals surface area contributed by atoms with E-state index < -0.39 is 11.9 Å². The molecule has 0 radical (unpaired) electrons. The summed E-state index contributed by atoms with van der Waals surface area (Å²) in [4.78, 5) is 26.1. The zero-order chi connectivity index (χ0) is 21.0. The number of furan rings is 1. The molecule has 1 amide bonds. The molecule has 0 fully saturated rings. The summed E-state index contributed by atoms with van der Waals surface area (Å²) in [7, 11) is 3.11. The number of rotatable bonds is 7. The van der Waals surface area contributed by atoms with Gasteiger partial charge >= 0.3 is 5.97 Å². The van der Waals surface area contributed by atoms with Crippen LogP contribution in [0.2, 0.25) is 0 Å². The third-order valence-electron chi connectivity index (χ3n) is 4.18. The topological polar surface area (TPSA) is 87.0 Å². The molecule has 8 heteroatoms. The largest absolute Gasteiger partial charge is 0.493 e. The van der Waals surface area contributed by atoms with E-state index in [9.17, 15) is 9.59 Å². The van der Waals surface area contributed by atoms with Gasteiger partial charge in [-0.05, 0) is 49.7 Å². The van der Waals surface area contributed by atoms with Gasteiger partial charge in [0.2, 0.25) is 0 Å². The Hall–Kier alpha value is -3.26. The Morgan fingerprint density at radius 3 is 2.48 bits per heavy atom. The summed E-state index contributed by atoms with van der Waals surface area (Å²) in [5.41, 5.74) is 1.88. The first-order valence-corrected chi connectivity index (χ1v) is 9.68. The minimum atomic E-state index is -0.504. The fourth-order valence-electron chi connectivity index (χ4n) is 2.75. The number of thiophene rings is 1. The first-order chi connectivity index (χ1) is 14.0. The highest BCUT2D eigenvalue weighted by molar-refractivity contribution is 7.18. The van der Waals surface area contributed by atoms with E-state index in [-0.39, 0.29) is 12.4 Å². The van der Waals surface area contributed by atoms with E-state index in [1.54, 1.807) is 46.3 Å². The van der Waals surface area contributed by atoms with Crippen molar-refractivity contribution in [2.75, 3.05) is 26.1 Å². The fraction of sp³-hybridized carbons (Fsp3) is 0.238. The van der Waals surface area contributed by atoms with E-state index in [2.05, 4.69) is 5.32 Å². The second-order valence-electron chi connectivity index (χ2n) is 6.03. The van der Waals surface area contributed by atoms with Crippen LogP contribution in [0.25, 0.3) is 10.4 Å². The second-order valence-corrected chi connectivity index (χ2v) is 7.08. The average molecular weight is 415 g/mol. The Labute approximate surface area is 172 Å². The van der Waals surface area contributed by atoms with E-state index in [1.165, 1.54) is 17.6 Å². The lowest BCUT2D eigenvalue weighted by molar-refractivity contribution is 0.0533. The van der Waals surface area contributed by atoms with E-state index in [0.29, 0.717) is 27.6 Å². The van der Waals surface area contributed by atoms with E-state index >= 15 is 0 Å². The maximum Gasteiger partial charge on any atom is 0.350 e. The van der Waals surface area contributed by atoms with Gasteiger partial charge in [-0.2, -0.15) is 0 Å². The molecule has 0 aliphatic rings. The number of ether oxygens (including phenoxy) is 3. The number of esters is 1. The van der Waals surface area contributed by atoms with Crippen LogP contribution in [0.4, 0.5) is 5.69 Å². The lowest BCUT2D eigenvalue weighted by Crippen LogP contribution is -2.14. The van der Waals surface area contributed by atoms with E-state index in [0.717, 1.165) is 10.4 Å². The number of carbonyl (C=O) groups is 2. The molecule has 0 saturated heterocycles. The Morgan fingerprint density at radius 1 is 1.10 bits per heavy atom. The quantitative estimate of drug-likeness (QED) is 0.560. The Kier molecular flexibility index (Phi) is 6.23. The fourth-order valence-corrected chi connectivity index (χ4v) is 3.75. The summed E-state index contributed by atoms with van der Waals surface area (Å²) in [6.45, 7) is 3.73. The maximum absolute atomic E-state index is 12.6. The van der Waals surface area contributed by atoms with Gasteiger partial charge in [-0.15, -0.1) is 11.3 Å². The molecule has 7 nitrogen and oxygen atoms in total. The lowest BCUT2D eigenvalue weighted by Gasteiger charge is -2.08. The van der Waals surface area contributed by atoms with Crippen molar-refractivity contribution in [1.82, 2.24) is 0 Å². The number of nitrogens with one attached hydrogen (secondary N) is 1. The van der Waals surface area contributed by atoms with Crippen molar-refractivity contribution in [3.8, 4) is 21.9 Å². The van der Waals surface area contributed by atoms with Crippen molar-refractivity contribution in [3.05, 3.63) is 52.8 Å². The van der Waals surface area contributed by atoms with Crippen molar-refractivity contribution in [3.63, 3.8) is 0 Å². The van der Waals surface area contributed by atoms with Gasteiger partial charge in [0.05, 0.1) is 32.8 Å². The zero-order valence-corrected chi connectivity index (χ0v) is 17.3. The molecule has 3 aromatic rings. The molecular weight excluding hydrogens is 394 g/mol. The van der Waals surface area contributed by atoms with Gasteiger partial charge in [-0.1, -0.05) is 0 Å². The van der Waals surface area contributed by atoms with Crippen LogP contribution in [0.3, 0.4) is 0 Å². The number of anilines is 1. The average Bonchev–Trinajstić information content (AvgIpc) is 3.34. The Morgan fingerprint density at radius 2 is 1.86 bits per heavy atom. The SMILES string of the molecule is CCOC(=O)c1sc(-c2ccc(OC)c(OC)c2)cc1NC(=O)c1occc1C. The summed E-state index contributed by atoms with van der Waals surface area (Å²) >= 11 is 1.22. The van der Waals surface area contributed by atoms with Gasteiger partial charge in [0.1, 0.15) is 4.88 Å². The Balaban J connectivity index is 2.00. The molecule has 0 unspecified atom stereocenters. The van der Waals surface area contributed by atoms with Crippen molar-refractivity contribution in [1.29, 1.82) is 0 Å². The molecule has 3 rings (SSSR count). The molecular formula is C21H21NO6S. The smallest absolute Gasteiger partial charge is 0.350 e. The standard InChI is InChI=1S/C21H21NO6S/c1-5-27-21(24)19-14(22-20(23)18-12(2)8-9-28-18)11-17(29-19)13-6-7-15(25-3)16(10-13)26-4/h6-11H,5H2,1-4H3,(H,22,23). The Bertz CT molecular complexity index is 1040. The summed E-state index contributed by atoms with van der Waals surface area (Å²) < 4.78 is 21.0. The first kappa shape index (κ1) is 20.5.